The molecular weight excluding hydrogens is 487 g/mol. The van der Waals surface area contributed by atoms with E-state index in [1.807, 2.05) is 6.07 Å². The van der Waals surface area contributed by atoms with Crippen molar-refractivity contribution in [3.63, 3.8) is 0 Å². The maximum absolute atomic E-state index is 13.4. The molecule has 1 atom stereocenters. The summed E-state index contributed by atoms with van der Waals surface area (Å²) < 4.78 is 1.80. The number of fused-ring (bicyclic) bond motifs is 1. The molecular formula is C26H26Cl2N4OS. The highest BCUT2D eigenvalue weighted by Gasteiger charge is 2.42. The minimum Gasteiger partial charge on any atom is -0.328 e. The zero-order valence-electron chi connectivity index (χ0n) is 19.6. The first-order valence-corrected chi connectivity index (χ1v) is 13.0. The lowest BCUT2D eigenvalue weighted by Crippen LogP contribution is -2.36. The normalized spacial score (nSPS) is 19.0. The molecule has 1 aliphatic carbocycles. The molecule has 1 N–H and O–H groups in total. The van der Waals surface area contributed by atoms with E-state index < -0.39 is 6.04 Å². The topological polar surface area (TPSA) is 59.8 Å². The van der Waals surface area contributed by atoms with Gasteiger partial charge in [-0.3, -0.25) is 4.79 Å². The summed E-state index contributed by atoms with van der Waals surface area (Å²) >= 11 is 14.4. The number of halogens is 2. The standard InChI is InChI=1S/C26H26Cl2N4OS/c1-14-5-6-16(15(2)9-14)13-34-25-30-24-29-20-11-26(3,4)12-21(33)22(20)23(32(24)31-25)18-8-7-17(27)10-19(18)28/h5-10,23H,11-13H2,1-4H3,(H,29,30,31)/t23-/m1/s1. The molecule has 0 spiro atoms. The summed E-state index contributed by atoms with van der Waals surface area (Å²) in [7, 11) is 0. The molecule has 0 saturated heterocycles. The quantitative estimate of drug-likeness (QED) is 0.376. The summed E-state index contributed by atoms with van der Waals surface area (Å²) in [6, 6.07) is 11.4. The fraction of sp³-hybridized carbons (Fsp3) is 0.346. The van der Waals surface area contributed by atoms with Crippen LogP contribution in [0.1, 0.15) is 55.0 Å². The van der Waals surface area contributed by atoms with Crippen LogP contribution in [-0.2, 0) is 10.5 Å². The predicted molar refractivity (Wildman–Crippen MR) is 139 cm³/mol. The van der Waals surface area contributed by atoms with Gasteiger partial charge in [-0.1, -0.05) is 78.6 Å². The summed E-state index contributed by atoms with van der Waals surface area (Å²) in [5.41, 5.74) is 6.05. The summed E-state index contributed by atoms with van der Waals surface area (Å²) in [4.78, 5) is 18.2. The molecule has 0 fully saturated rings. The molecule has 2 aromatic carbocycles. The van der Waals surface area contributed by atoms with Gasteiger partial charge in [0, 0.05) is 39.1 Å². The SMILES string of the molecule is Cc1ccc(CSc2nc3n(n2)[C@H](c2ccc(Cl)cc2Cl)C2=C(CC(C)(C)CC2=O)N3)c(C)c1. The van der Waals surface area contributed by atoms with Gasteiger partial charge in [0.2, 0.25) is 11.1 Å². The maximum Gasteiger partial charge on any atom is 0.227 e. The number of aromatic nitrogens is 3. The molecule has 0 unspecified atom stereocenters. The number of anilines is 1. The van der Waals surface area contributed by atoms with Crippen molar-refractivity contribution in [3.05, 3.63) is 80.0 Å². The monoisotopic (exact) mass is 512 g/mol. The van der Waals surface area contributed by atoms with Gasteiger partial charge in [0.05, 0.1) is 0 Å². The number of nitrogens with zero attached hydrogens (tertiary/aromatic N) is 3. The van der Waals surface area contributed by atoms with E-state index in [4.69, 9.17) is 33.3 Å². The first-order valence-electron chi connectivity index (χ1n) is 11.2. The molecule has 0 bridgehead atoms. The second kappa shape index (κ2) is 8.74. The first-order chi connectivity index (χ1) is 16.1. The minimum absolute atomic E-state index is 0.111. The van der Waals surface area contributed by atoms with E-state index in [0.717, 1.165) is 23.4 Å². The maximum atomic E-state index is 13.4. The number of Topliss-reactive ketones (excluding diaryl/α,β-unsaturated/α-hetero) is 1. The van der Waals surface area contributed by atoms with Crippen LogP contribution in [0.3, 0.4) is 0 Å². The van der Waals surface area contributed by atoms with Crippen molar-refractivity contribution in [3.8, 4) is 0 Å². The molecule has 0 amide bonds. The molecule has 8 heteroatoms. The molecule has 1 aliphatic heterocycles. The van der Waals surface area contributed by atoms with Gasteiger partial charge in [0.15, 0.2) is 5.78 Å². The van der Waals surface area contributed by atoms with Gasteiger partial charge in [0.1, 0.15) is 6.04 Å². The van der Waals surface area contributed by atoms with Crippen LogP contribution in [0.5, 0.6) is 0 Å². The summed E-state index contributed by atoms with van der Waals surface area (Å²) in [5.74, 6) is 1.50. The number of rotatable bonds is 4. The number of carbonyl (C=O) groups excluding carboxylic acids is 1. The average Bonchev–Trinajstić information content (AvgIpc) is 3.13. The summed E-state index contributed by atoms with van der Waals surface area (Å²) in [6.45, 7) is 8.45. The Kier molecular flexibility index (Phi) is 6.03. The molecule has 1 aromatic heterocycles. The van der Waals surface area contributed by atoms with Gasteiger partial charge < -0.3 is 5.32 Å². The number of hydrogen-bond donors (Lipinski definition) is 1. The van der Waals surface area contributed by atoms with Crippen LogP contribution in [0.15, 0.2) is 52.8 Å². The first kappa shape index (κ1) is 23.5. The van der Waals surface area contributed by atoms with Crippen LogP contribution in [0.25, 0.3) is 0 Å². The van der Waals surface area contributed by atoms with E-state index >= 15 is 0 Å². The lowest BCUT2D eigenvalue weighted by Gasteiger charge is -2.38. The Labute approximate surface area is 213 Å². The van der Waals surface area contributed by atoms with E-state index in [-0.39, 0.29) is 11.2 Å². The van der Waals surface area contributed by atoms with Gasteiger partial charge in [-0.25, -0.2) is 4.68 Å². The van der Waals surface area contributed by atoms with Gasteiger partial charge in [-0.2, -0.15) is 4.98 Å². The van der Waals surface area contributed by atoms with Crippen LogP contribution in [0, 0.1) is 19.3 Å². The number of benzene rings is 2. The smallest absolute Gasteiger partial charge is 0.227 e. The molecule has 5 nitrogen and oxygen atoms in total. The molecule has 3 aromatic rings. The van der Waals surface area contributed by atoms with Gasteiger partial charge >= 0.3 is 0 Å². The summed E-state index contributed by atoms with van der Waals surface area (Å²) in [6.07, 6.45) is 1.24. The van der Waals surface area contributed by atoms with E-state index in [2.05, 4.69) is 51.2 Å². The second-order valence-corrected chi connectivity index (χ2v) is 11.7. The third-order valence-electron chi connectivity index (χ3n) is 6.42. The van der Waals surface area contributed by atoms with Crippen LogP contribution in [-0.4, -0.2) is 20.5 Å². The van der Waals surface area contributed by atoms with Gasteiger partial charge in [-0.15, -0.1) is 5.10 Å². The Morgan fingerprint density at radius 2 is 1.94 bits per heavy atom. The summed E-state index contributed by atoms with van der Waals surface area (Å²) in [5, 5.41) is 9.96. The number of hydrogen-bond acceptors (Lipinski definition) is 5. The number of nitrogens with one attached hydrogen (secondary N) is 1. The number of ketones is 1. The van der Waals surface area contributed by atoms with Crippen molar-refractivity contribution in [1.29, 1.82) is 0 Å². The number of carbonyl (C=O) groups is 1. The second-order valence-electron chi connectivity index (χ2n) is 9.91. The molecule has 0 saturated carbocycles. The van der Waals surface area contributed by atoms with E-state index in [9.17, 15) is 4.79 Å². The van der Waals surface area contributed by atoms with Crippen LogP contribution >= 0.6 is 35.0 Å². The highest BCUT2D eigenvalue weighted by molar-refractivity contribution is 7.98. The van der Waals surface area contributed by atoms with E-state index in [1.54, 1.807) is 28.6 Å². The molecule has 5 rings (SSSR count). The number of thioether (sulfide) groups is 1. The molecule has 2 heterocycles. The molecule has 176 valence electrons. The average molecular weight is 513 g/mol. The van der Waals surface area contributed by atoms with Crippen LogP contribution in [0.4, 0.5) is 5.95 Å². The van der Waals surface area contributed by atoms with Gasteiger partial charge in [-0.05, 0) is 48.9 Å². The number of aryl methyl sites for hydroxylation is 2. The minimum atomic E-state index is -0.442. The Morgan fingerprint density at radius 3 is 2.68 bits per heavy atom. The third kappa shape index (κ3) is 4.39. The van der Waals surface area contributed by atoms with Crippen molar-refractivity contribution in [1.82, 2.24) is 14.8 Å². The largest absolute Gasteiger partial charge is 0.328 e. The van der Waals surface area contributed by atoms with Gasteiger partial charge in [0.25, 0.3) is 0 Å². The molecule has 2 aliphatic rings. The molecule has 0 radical (unpaired) electrons. The third-order valence-corrected chi connectivity index (χ3v) is 7.87. The zero-order chi connectivity index (χ0) is 24.2. The van der Waals surface area contributed by atoms with Crippen molar-refractivity contribution >= 4 is 46.7 Å². The fourth-order valence-corrected chi connectivity index (χ4v) is 6.23. The Balaban J connectivity index is 1.54. The highest BCUT2D eigenvalue weighted by atomic mass is 35.5. The Bertz CT molecular complexity index is 1340. The lowest BCUT2D eigenvalue weighted by molar-refractivity contribution is -0.118. The zero-order valence-corrected chi connectivity index (χ0v) is 21.9. The predicted octanol–water partition coefficient (Wildman–Crippen LogP) is 7.15. The van der Waals surface area contributed by atoms with E-state index in [0.29, 0.717) is 33.1 Å². The fourth-order valence-electron chi connectivity index (χ4n) is 4.81. The van der Waals surface area contributed by atoms with Crippen molar-refractivity contribution in [2.24, 2.45) is 5.41 Å². The van der Waals surface area contributed by atoms with Crippen LogP contribution in [0.2, 0.25) is 10.0 Å². The lowest BCUT2D eigenvalue weighted by atomic mass is 9.73. The highest BCUT2D eigenvalue weighted by Crippen LogP contribution is 2.47. The van der Waals surface area contributed by atoms with Crippen LogP contribution < -0.4 is 5.32 Å². The van der Waals surface area contributed by atoms with E-state index in [1.165, 1.54) is 16.7 Å². The molecule has 34 heavy (non-hydrogen) atoms. The number of allylic oxidation sites excluding steroid dienone is 2. The van der Waals surface area contributed by atoms with Crippen molar-refractivity contribution in [2.75, 3.05) is 5.32 Å². The Morgan fingerprint density at radius 1 is 1.15 bits per heavy atom. The van der Waals surface area contributed by atoms with Crippen molar-refractivity contribution < 1.29 is 4.79 Å². The Hall–Kier alpha value is -2.28. The van der Waals surface area contributed by atoms with Crippen molar-refractivity contribution in [2.45, 2.75) is 57.5 Å².